The Balaban J connectivity index is 1.63. The Hall–Kier alpha value is -3.69. The summed E-state index contributed by atoms with van der Waals surface area (Å²) in [5.74, 6) is 0.624. The van der Waals surface area contributed by atoms with Crippen molar-refractivity contribution in [2.75, 3.05) is 19.0 Å². The second-order valence-electron chi connectivity index (χ2n) is 7.91. The molecular formula is C26H22BrClN4O4. The van der Waals surface area contributed by atoms with Gasteiger partial charge in [-0.1, -0.05) is 45.2 Å². The summed E-state index contributed by atoms with van der Waals surface area (Å²) in [5.41, 5.74) is 2.40. The van der Waals surface area contributed by atoms with Crippen LogP contribution in [0.15, 0.2) is 69.0 Å². The number of nitrogens with zero attached hydrogens (tertiary/aromatic N) is 3. The molecule has 0 aliphatic rings. The van der Waals surface area contributed by atoms with E-state index in [-0.39, 0.29) is 23.8 Å². The monoisotopic (exact) mass is 568 g/mol. The van der Waals surface area contributed by atoms with Crippen molar-refractivity contribution >= 4 is 56.2 Å². The first kappa shape index (κ1) is 25.4. The van der Waals surface area contributed by atoms with Gasteiger partial charge in [0.05, 0.1) is 24.2 Å². The van der Waals surface area contributed by atoms with E-state index in [2.05, 4.69) is 31.3 Å². The minimum Gasteiger partial charge on any atom is -0.493 e. The van der Waals surface area contributed by atoms with Crippen molar-refractivity contribution in [3.8, 4) is 11.5 Å². The average Bonchev–Trinajstić information content (AvgIpc) is 2.84. The SMILES string of the molecule is COc1cc(Cl)cc(C=Nn2c(C)nc3ccc(Br)cc3c2=O)c1OCC(=O)Nc1ccc(C)cc1. The van der Waals surface area contributed by atoms with E-state index < -0.39 is 0 Å². The number of aromatic nitrogens is 2. The van der Waals surface area contributed by atoms with E-state index in [0.29, 0.717) is 38.8 Å². The van der Waals surface area contributed by atoms with Gasteiger partial charge in [0.25, 0.3) is 11.5 Å². The number of hydrogen-bond acceptors (Lipinski definition) is 6. The highest BCUT2D eigenvalue weighted by Crippen LogP contribution is 2.34. The number of benzene rings is 3. The molecule has 0 saturated heterocycles. The number of carbonyl (C=O) groups is 1. The lowest BCUT2D eigenvalue weighted by molar-refractivity contribution is -0.118. The number of rotatable bonds is 7. The second-order valence-corrected chi connectivity index (χ2v) is 9.26. The molecule has 0 unspecified atom stereocenters. The Morgan fingerprint density at radius 3 is 2.64 bits per heavy atom. The fourth-order valence-corrected chi connectivity index (χ4v) is 4.06. The summed E-state index contributed by atoms with van der Waals surface area (Å²) in [5, 5.41) is 7.91. The molecule has 4 aromatic rings. The van der Waals surface area contributed by atoms with Gasteiger partial charge in [0, 0.05) is 26.8 Å². The van der Waals surface area contributed by atoms with Crippen molar-refractivity contribution < 1.29 is 14.3 Å². The molecule has 184 valence electrons. The maximum atomic E-state index is 13.1. The fourth-order valence-electron chi connectivity index (χ4n) is 3.48. The molecule has 1 amide bonds. The molecule has 10 heteroatoms. The van der Waals surface area contributed by atoms with Crippen LogP contribution in [-0.2, 0) is 4.79 Å². The molecule has 1 N–H and O–H groups in total. The van der Waals surface area contributed by atoms with Gasteiger partial charge < -0.3 is 14.8 Å². The zero-order valence-corrected chi connectivity index (χ0v) is 22.1. The molecule has 0 aliphatic heterocycles. The van der Waals surface area contributed by atoms with Crippen molar-refractivity contribution in [2.45, 2.75) is 13.8 Å². The number of carbonyl (C=O) groups excluding carboxylic acids is 1. The van der Waals surface area contributed by atoms with E-state index in [4.69, 9.17) is 21.1 Å². The first-order chi connectivity index (χ1) is 17.2. The lowest BCUT2D eigenvalue weighted by Crippen LogP contribution is -2.21. The lowest BCUT2D eigenvalue weighted by Gasteiger charge is -2.14. The third kappa shape index (κ3) is 5.75. The van der Waals surface area contributed by atoms with E-state index >= 15 is 0 Å². The Morgan fingerprint density at radius 1 is 1.17 bits per heavy atom. The molecule has 4 rings (SSSR count). The number of methoxy groups -OCH3 is 1. The molecule has 36 heavy (non-hydrogen) atoms. The predicted molar refractivity (Wildman–Crippen MR) is 145 cm³/mol. The molecular weight excluding hydrogens is 548 g/mol. The highest BCUT2D eigenvalue weighted by atomic mass is 79.9. The van der Waals surface area contributed by atoms with E-state index in [1.165, 1.54) is 18.0 Å². The zero-order chi connectivity index (χ0) is 25.8. The third-order valence-corrected chi connectivity index (χ3v) is 5.95. The van der Waals surface area contributed by atoms with E-state index in [9.17, 15) is 9.59 Å². The van der Waals surface area contributed by atoms with Gasteiger partial charge in [0.15, 0.2) is 18.1 Å². The molecule has 1 aromatic heterocycles. The number of aryl methyl sites for hydroxylation is 2. The summed E-state index contributed by atoms with van der Waals surface area (Å²) in [6, 6.07) is 15.9. The Kier molecular flexibility index (Phi) is 7.71. The number of amides is 1. The minimum atomic E-state index is -0.352. The van der Waals surface area contributed by atoms with Gasteiger partial charge in [-0.2, -0.15) is 9.78 Å². The highest BCUT2D eigenvalue weighted by Gasteiger charge is 2.15. The molecule has 1 heterocycles. The highest BCUT2D eigenvalue weighted by molar-refractivity contribution is 9.10. The summed E-state index contributed by atoms with van der Waals surface area (Å²) in [4.78, 5) is 30.0. The molecule has 8 nitrogen and oxygen atoms in total. The molecule has 0 spiro atoms. The second kappa shape index (κ2) is 10.9. The Morgan fingerprint density at radius 2 is 1.92 bits per heavy atom. The summed E-state index contributed by atoms with van der Waals surface area (Å²) >= 11 is 9.64. The quantitative estimate of drug-likeness (QED) is 0.303. The van der Waals surface area contributed by atoms with Crippen LogP contribution in [0.2, 0.25) is 5.02 Å². The van der Waals surface area contributed by atoms with Crippen molar-refractivity contribution in [1.29, 1.82) is 0 Å². The van der Waals surface area contributed by atoms with Crippen LogP contribution >= 0.6 is 27.5 Å². The van der Waals surface area contributed by atoms with E-state index in [0.717, 1.165) is 10.0 Å². The van der Waals surface area contributed by atoms with Crippen molar-refractivity contribution in [3.63, 3.8) is 0 Å². The van der Waals surface area contributed by atoms with E-state index in [1.54, 1.807) is 31.2 Å². The number of fused-ring (bicyclic) bond motifs is 1. The Labute approximate surface area is 220 Å². The summed E-state index contributed by atoms with van der Waals surface area (Å²) < 4.78 is 13.2. The zero-order valence-electron chi connectivity index (χ0n) is 19.7. The molecule has 0 atom stereocenters. The lowest BCUT2D eigenvalue weighted by atomic mass is 10.2. The molecule has 0 bridgehead atoms. The summed E-state index contributed by atoms with van der Waals surface area (Å²) in [7, 11) is 1.46. The maximum Gasteiger partial charge on any atom is 0.282 e. The van der Waals surface area contributed by atoms with Gasteiger partial charge in [-0.3, -0.25) is 9.59 Å². The van der Waals surface area contributed by atoms with Crippen LogP contribution in [0, 0.1) is 13.8 Å². The van der Waals surface area contributed by atoms with E-state index in [1.807, 2.05) is 37.3 Å². The molecule has 0 fully saturated rings. The van der Waals surface area contributed by atoms with Crippen LogP contribution in [0.3, 0.4) is 0 Å². The molecule has 0 aliphatic carbocycles. The Bertz CT molecular complexity index is 1530. The smallest absolute Gasteiger partial charge is 0.282 e. The predicted octanol–water partition coefficient (Wildman–Crippen LogP) is 5.34. The number of nitrogens with one attached hydrogen (secondary N) is 1. The van der Waals surface area contributed by atoms with Crippen LogP contribution < -0.4 is 20.3 Å². The topological polar surface area (TPSA) is 94.8 Å². The first-order valence-electron chi connectivity index (χ1n) is 10.9. The number of ether oxygens (including phenoxy) is 2. The molecule has 3 aromatic carbocycles. The number of anilines is 1. The van der Waals surface area contributed by atoms with Crippen molar-refractivity contribution in [3.05, 3.63) is 91.4 Å². The van der Waals surface area contributed by atoms with Gasteiger partial charge in [0.1, 0.15) is 5.82 Å². The minimum absolute atomic E-state index is 0.256. The standard InChI is InChI=1S/C26H22BrClN4O4/c1-15-4-7-20(8-5-15)31-24(33)14-36-25-17(10-19(28)12-23(25)35-3)13-29-32-16(2)30-22-9-6-18(27)11-21(22)26(32)34/h4-13H,14H2,1-3H3,(H,31,33). The number of hydrogen-bond donors (Lipinski definition) is 1. The van der Waals surface area contributed by atoms with Gasteiger partial charge in [-0.15, -0.1) is 0 Å². The van der Waals surface area contributed by atoms with Crippen LogP contribution in [-0.4, -0.2) is 35.5 Å². The van der Waals surface area contributed by atoms with Crippen molar-refractivity contribution in [1.82, 2.24) is 9.66 Å². The number of halogens is 2. The third-order valence-electron chi connectivity index (χ3n) is 5.23. The first-order valence-corrected chi connectivity index (χ1v) is 12.0. The fraction of sp³-hybridized carbons (Fsp3) is 0.154. The van der Waals surface area contributed by atoms with Crippen LogP contribution in [0.25, 0.3) is 10.9 Å². The summed E-state index contributed by atoms with van der Waals surface area (Å²) in [6.07, 6.45) is 1.42. The van der Waals surface area contributed by atoms with Gasteiger partial charge in [-0.25, -0.2) is 4.98 Å². The van der Waals surface area contributed by atoms with Gasteiger partial charge in [0.2, 0.25) is 0 Å². The van der Waals surface area contributed by atoms with Crippen LogP contribution in [0.4, 0.5) is 5.69 Å². The summed E-state index contributed by atoms with van der Waals surface area (Å²) in [6.45, 7) is 3.37. The maximum absolute atomic E-state index is 13.1. The largest absolute Gasteiger partial charge is 0.493 e. The van der Waals surface area contributed by atoms with Gasteiger partial charge >= 0.3 is 0 Å². The van der Waals surface area contributed by atoms with Crippen LogP contribution in [0.1, 0.15) is 17.0 Å². The molecule has 0 saturated carbocycles. The molecule has 0 radical (unpaired) electrons. The normalized spacial score (nSPS) is 11.1. The van der Waals surface area contributed by atoms with Crippen LogP contribution in [0.5, 0.6) is 11.5 Å². The average molecular weight is 570 g/mol. The van der Waals surface area contributed by atoms with Crippen molar-refractivity contribution in [2.24, 2.45) is 5.10 Å². The van der Waals surface area contributed by atoms with Gasteiger partial charge in [-0.05, 0) is 50.2 Å².